The van der Waals surface area contributed by atoms with Gasteiger partial charge in [0.1, 0.15) is 22.9 Å². The van der Waals surface area contributed by atoms with Gasteiger partial charge in [-0.25, -0.2) is 19.6 Å². The number of aromatic nitrogens is 4. The Kier molecular flexibility index (Phi) is 10.2. The van der Waals surface area contributed by atoms with Crippen LogP contribution in [0.4, 0.5) is 9.59 Å². The number of fused-ring (bicyclic) bond motifs is 1. The highest BCUT2D eigenvalue weighted by atomic mass is 16.6. The van der Waals surface area contributed by atoms with Gasteiger partial charge < -0.3 is 24.8 Å². The number of carbonyl (C=O) groups is 3. The summed E-state index contributed by atoms with van der Waals surface area (Å²) >= 11 is 0. The van der Waals surface area contributed by atoms with E-state index in [1.807, 2.05) is 47.7 Å². The van der Waals surface area contributed by atoms with Crippen LogP contribution in [0.5, 0.6) is 0 Å². The smallest absolute Gasteiger partial charge is 0.410 e. The maximum absolute atomic E-state index is 13.2. The molecule has 2 aromatic heterocycles. The minimum Gasteiger partial charge on any atom is -0.444 e. The van der Waals surface area contributed by atoms with Crippen molar-refractivity contribution in [1.29, 1.82) is 0 Å². The number of nitrogens with one attached hydrogen (secondary N) is 3. The Balaban J connectivity index is 1.04. The van der Waals surface area contributed by atoms with E-state index in [1.54, 1.807) is 16.0 Å². The lowest BCUT2D eigenvalue weighted by atomic mass is 9.98. The first-order chi connectivity index (χ1) is 26.1. The zero-order valence-electron chi connectivity index (χ0n) is 32.7. The molecule has 0 aliphatic carbocycles. The van der Waals surface area contributed by atoms with E-state index < -0.39 is 11.2 Å². The lowest BCUT2D eigenvalue weighted by Gasteiger charge is -2.27. The molecule has 2 aliphatic heterocycles. The topological polar surface area (TPSA) is 146 Å². The molecule has 2 saturated heterocycles. The zero-order chi connectivity index (χ0) is 39.1. The fourth-order valence-corrected chi connectivity index (χ4v) is 7.47. The number of hydrogen-bond acceptors (Lipinski definition) is 7. The van der Waals surface area contributed by atoms with E-state index in [2.05, 4.69) is 80.9 Å². The Labute approximate surface area is 322 Å². The molecule has 2 aliphatic rings. The van der Waals surface area contributed by atoms with Gasteiger partial charge in [-0.3, -0.25) is 14.6 Å². The zero-order valence-corrected chi connectivity index (χ0v) is 32.7. The third kappa shape index (κ3) is 8.69. The second-order valence-corrected chi connectivity index (χ2v) is 16.7. The van der Waals surface area contributed by atoms with Crippen LogP contribution in [0.25, 0.3) is 44.4 Å². The van der Waals surface area contributed by atoms with Crippen molar-refractivity contribution in [3.63, 3.8) is 0 Å². The van der Waals surface area contributed by atoms with Gasteiger partial charge in [-0.1, -0.05) is 48.5 Å². The van der Waals surface area contributed by atoms with Crippen molar-refractivity contribution < 1.29 is 23.9 Å². The van der Waals surface area contributed by atoms with Gasteiger partial charge in [-0.15, -0.1) is 0 Å². The van der Waals surface area contributed by atoms with Gasteiger partial charge in [-0.2, -0.15) is 0 Å². The summed E-state index contributed by atoms with van der Waals surface area (Å²) in [4.78, 5) is 57.5. The summed E-state index contributed by atoms with van der Waals surface area (Å²) in [7, 11) is 0. The van der Waals surface area contributed by atoms with Gasteiger partial charge in [0.2, 0.25) is 5.91 Å². The Morgan fingerprint density at radius 3 is 1.87 bits per heavy atom. The van der Waals surface area contributed by atoms with Crippen LogP contribution in [0.15, 0.2) is 73.1 Å². The second-order valence-electron chi connectivity index (χ2n) is 16.7. The minimum absolute atomic E-state index is 0.0847. The molecule has 4 heterocycles. The molecule has 3 N–H and O–H groups in total. The molecule has 12 nitrogen and oxygen atoms in total. The van der Waals surface area contributed by atoms with Crippen LogP contribution in [0.3, 0.4) is 0 Å². The van der Waals surface area contributed by atoms with Crippen molar-refractivity contribution in [1.82, 2.24) is 35.1 Å². The maximum atomic E-state index is 13.2. The lowest BCUT2D eigenvalue weighted by molar-refractivity contribution is -0.119. The summed E-state index contributed by atoms with van der Waals surface area (Å²) in [6.07, 6.45) is 5.37. The van der Waals surface area contributed by atoms with Crippen LogP contribution in [-0.4, -0.2) is 78.7 Å². The Morgan fingerprint density at radius 2 is 1.25 bits per heavy atom. The number of H-pyrrole nitrogens is 2. The Bertz CT molecular complexity index is 2190. The van der Waals surface area contributed by atoms with Gasteiger partial charge in [0.15, 0.2) is 0 Å². The molecule has 3 aromatic carbocycles. The normalized spacial score (nSPS) is 18.9. The number of hydrogen-bond donors (Lipinski definition) is 3. The number of imidazole rings is 2. The van der Waals surface area contributed by atoms with Crippen LogP contribution in [0.2, 0.25) is 0 Å². The molecule has 0 spiro atoms. The Morgan fingerprint density at radius 1 is 0.727 bits per heavy atom. The molecule has 5 aromatic rings. The van der Waals surface area contributed by atoms with Crippen LogP contribution in [-0.2, 0) is 14.3 Å². The van der Waals surface area contributed by atoms with Crippen molar-refractivity contribution >= 4 is 28.9 Å². The van der Waals surface area contributed by atoms with E-state index in [9.17, 15) is 14.4 Å². The number of benzene rings is 3. The number of rotatable bonds is 7. The quantitative estimate of drug-likeness (QED) is 0.151. The van der Waals surface area contributed by atoms with Gasteiger partial charge in [-0.05, 0) is 106 Å². The molecule has 55 heavy (non-hydrogen) atoms. The monoisotopic (exact) mass is 745 g/mol. The van der Waals surface area contributed by atoms with E-state index in [-0.39, 0.29) is 36.1 Å². The average molecular weight is 746 g/mol. The first-order valence-corrected chi connectivity index (χ1v) is 19.1. The van der Waals surface area contributed by atoms with Crippen molar-refractivity contribution in [2.45, 2.75) is 91.0 Å². The summed E-state index contributed by atoms with van der Waals surface area (Å²) in [5.41, 5.74) is 4.79. The fraction of sp³-hybridized carbons (Fsp3) is 0.419. The highest BCUT2D eigenvalue weighted by Crippen LogP contribution is 2.37. The number of nitrogens with zero attached hydrogens (tertiary/aromatic N) is 4. The molecular formula is C43H51N7O5. The van der Waals surface area contributed by atoms with E-state index >= 15 is 0 Å². The third-order valence-electron chi connectivity index (χ3n) is 10.0. The number of ether oxygens (including phenoxy) is 2. The average Bonchev–Trinajstić information content (AvgIpc) is 3.95. The molecule has 3 atom stereocenters. The van der Waals surface area contributed by atoms with Crippen LogP contribution in [0, 0.1) is 5.92 Å². The highest BCUT2D eigenvalue weighted by Gasteiger charge is 2.40. The lowest BCUT2D eigenvalue weighted by Crippen LogP contribution is -2.37. The summed E-state index contributed by atoms with van der Waals surface area (Å²) in [5, 5.41) is 5.13. The first-order valence-electron chi connectivity index (χ1n) is 19.1. The van der Waals surface area contributed by atoms with Crippen molar-refractivity contribution in [3.8, 4) is 33.6 Å². The van der Waals surface area contributed by atoms with Crippen molar-refractivity contribution in [3.05, 3.63) is 84.7 Å². The van der Waals surface area contributed by atoms with Crippen molar-refractivity contribution in [2.75, 3.05) is 19.6 Å². The third-order valence-corrected chi connectivity index (χ3v) is 10.0. The fourth-order valence-electron chi connectivity index (χ4n) is 7.47. The first kappa shape index (κ1) is 37.7. The molecule has 2 fully saturated rings. The predicted octanol–water partition coefficient (Wildman–Crippen LogP) is 8.79. The molecule has 3 amide bonds. The summed E-state index contributed by atoms with van der Waals surface area (Å²) < 4.78 is 11.4. The van der Waals surface area contributed by atoms with Gasteiger partial charge >= 0.3 is 12.2 Å². The van der Waals surface area contributed by atoms with E-state index in [0.29, 0.717) is 31.9 Å². The van der Waals surface area contributed by atoms with E-state index in [1.165, 1.54) is 6.92 Å². The summed E-state index contributed by atoms with van der Waals surface area (Å²) in [6.45, 7) is 14.3. The predicted molar refractivity (Wildman–Crippen MR) is 212 cm³/mol. The molecule has 0 saturated carbocycles. The molecule has 0 bridgehead atoms. The van der Waals surface area contributed by atoms with E-state index in [4.69, 9.17) is 14.5 Å². The van der Waals surface area contributed by atoms with Crippen LogP contribution in [0.1, 0.15) is 91.5 Å². The van der Waals surface area contributed by atoms with Gasteiger partial charge in [0.25, 0.3) is 0 Å². The molecule has 288 valence electrons. The molecule has 7 rings (SSSR count). The maximum Gasteiger partial charge on any atom is 0.410 e. The largest absolute Gasteiger partial charge is 0.444 e. The summed E-state index contributed by atoms with van der Waals surface area (Å²) in [6, 6.07) is 20.8. The SMILES string of the molecule is CC(=O)NC[C@H]1C[C@@H](c2ncc(-c3ccc(-c4ccc5cc(-c6cnc([C@@H]7CCCN7C(=O)OC(C)(C)C)[nH]6)ccc5c4)cc3)[nH]2)N(C(=O)OC(C)(C)C)C1. The second kappa shape index (κ2) is 14.9. The number of aromatic amines is 2. The Hall–Kier alpha value is -5.65. The molecule has 0 unspecified atom stereocenters. The number of amides is 3. The molecule has 0 radical (unpaired) electrons. The summed E-state index contributed by atoms with van der Waals surface area (Å²) in [5.74, 6) is 1.46. The minimum atomic E-state index is -0.628. The standard InChI is InChI=1S/C43H51N7O5/c1-26(51)44-22-27-19-37(50(25-27)41(53)55-43(5,6)7)39-46-23-34(47-39)29-12-10-28(11-13-29)30-14-15-32-21-33(17-16-31(32)20-30)35-24-45-38(48-35)36-9-8-18-49(36)40(52)54-42(2,3)4/h10-17,20-21,23-24,27,36-37H,8-9,18-19,22,25H2,1-7H3,(H,44,51)(H,45,48)(H,46,47)/t27-,36+,37+/m1/s1. The van der Waals surface area contributed by atoms with Crippen LogP contribution >= 0.6 is 0 Å². The van der Waals surface area contributed by atoms with Gasteiger partial charge in [0, 0.05) is 32.1 Å². The van der Waals surface area contributed by atoms with E-state index in [0.717, 1.165) is 63.1 Å². The highest BCUT2D eigenvalue weighted by molar-refractivity contribution is 5.90. The van der Waals surface area contributed by atoms with Crippen LogP contribution < -0.4 is 5.32 Å². The molecule has 12 heteroatoms. The van der Waals surface area contributed by atoms with Crippen molar-refractivity contribution in [2.24, 2.45) is 5.92 Å². The number of carbonyl (C=O) groups excluding carboxylic acids is 3. The van der Waals surface area contributed by atoms with Gasteiger partial charge in [0.05, 0.1) is 35.9 Å². The molecular weight excluding hydrogens is 695 g/mol. The number of likely N-dealkylation sites (tertiary alicyclic amines) is 2.